The maximum atomic E-state index is 13.5. The zero-order chi connectivity index (χ0) is 16.4. The summed E-state index contributed by atoms with van der Waals surface area (Å²) >= 11 is 0. The van der Waals surface area contributed by atoms with Crippen LogP contribution in [0.2, 0.25) is 0 Å². The van der Waals surface area contributed by atoms with E-state index in [9.17, 15) is 14.0 Å². The highest BCUT2D eigenvalue weighted by molar-refractivity contribution is 5.89. The molecule has 23 heavy (non-hydrogen) atoms. The number of ether oxygens (including phenoxy) is 1. The minimum atomic E-state index is -0.799. The molecule has 3 aromatic rings. The van der Waals surface area contributed by atoms with Gasteiger partial charge in [-0.2, -0.15) is 0 Å². The standard InChI is InChI=1S/C18H14FNO3/c1-11-6-7-16-12(8-11)9-13(17(21)20-16)10-23-18(22)14-4-2-3-5-15(14)19/h2-9H,10H2,1H3,(H,20,21). The Hall–Kier alpha value is -2.95. The molecule has 5 heteroatoms. The van der Waals surface area contributed by atoms with Crippen molar-refractivity contribution in [3.8, 4) is 0 Å². The number of halogens is 1. The molecule has 0 bridgehead atoms. The van der Waals surface area contributed by atoms with Crippen LogP contribution in [0.25, 0.3) is 10.9 Å². The first-order valence-electron chi connectivity index (χ1n) is 7.09. The van der Waals surface area contributed by atoms with Crippen LogP contribution in [0.15, 0.2) is 53.3 Å². The summed E-state index contributed by atoms with van der Waals surface area (Å²) in [5.74, 6) is -1.45. The molecular weight excluding hydrogens is 297 g/mol. The van der Waals surface area contributed by atoms with Gasteiger partial charge in [0.2, 0.25) is 0 Å². The van der Waals surface area contributed by atoms with Crippen molar-refractivity contribution in [2.45, 2.75) is 13.5 Å². The number of carbonyl (C=O) groups is 1. The molecule has 116 valence electrons. The lowest BCUT2D eigenvalue weighted by molar-refractivity contribution is 0.0466. The molecule has 3 rings (SSSR count). The Bertz CT molecular complexity index is 946. The van der Waals surface area contributed by atoms with Gasteiger partial charge in [0, 0.05) is 5.52 Å². The average molecular weight is 311 g/mol. The van der Waals surface area contributed by atoms with E-state index in [0.717, 1.165) is 10.9 Å². The van der Waals surface area contributed by atoms with Crippen LogP contribution < -0.4 is 5.56 Å². The molecular formula is C18H14FNO3. The molecule has 1 N–H and O–H groups in total. The SMILES string of the molecule is Cc1ccc2[nH]c(=O)c(COC(=O)c3ccccc3F)cc2c1. The lowest BCUT2D eigenvalue weighted by Gasteiger charge is -2.07. The molecule has 2 aromatic carbocycles. The molecule has 0 aliphatic carbocycles. The fraction of sp³-hybridized carbons (Fsp3) is 0.111. The lowest BCUT2D eigenvalue weighted by Crippen LogP contribution is -2.16. The summed E-state index contributed by atoms with van der Waals surface area (Å²) in [5, 5.41) is 0.849. The van der Waals surface area contributed by atoms with Gasteiger partial charge in [-0.3, -0.25) is 4.79 Å². The molecule has 1 aromatic heterocycles. The number of carbonyl (C=O) groups excluding carboxylic acids is 1. The van der Waals surface area contributed by atoms with Crippen LogP contribution in [-0.4, -0.2) is 11.0 Å². The van der Waals surface area contributed by atoms with Crippen LogP contribution >= 0.6 is 0 Å². The van der Waals surface area contributed by atoms with Crippen molar-refractivity contribution in [1.29, 1.82) is 0 Å². The Morgan fingerprint density at radius 2 is 1.96 bits per heavy atom. The third-order valence-corrected chi connectivity index (χ3v) is 3.53. The molecule has 0 aliphatic rings. The molecule has 0 spiro atoms. The largest absolute Gasteiger partial charge is 0.457 e. The minimum Gasteiger partial charge on any atom is -0.457 e. The van der Waals surface area contributed by atoms with E-state index in [2.05, 4.69) is 4.98 Å². The van der Waals surface area contributed by atoms with Crippen molar-refractivity contribution in [3.05, 3.63) is 81.4 Å². The van der Waals surface area contributed by atoms with Crippen LogP contribution in [0, 0.1) is 12.7 Å². The first kappa shape index (κ1) is 15.0. The minimum absolute atomic E-state index is 0.152. The third-order valence-electron chi connectivity index (χ3n) is 3.53. The summed E-state index contributed by atoms with van der Waals surface area (Å²) in [7, 11) is 0. The molecule has 0 atom stereocenters. The molecule has 0 fully saturated rings. The van der Waals surface area contributed by atoms with Crippen LogP contribution in [0.1, 0.15) is 21.5 Å². The third kappa shape index (κ3) is 3.13. The molecule has 4 nitrogen and oxygen atoms in total. The second-order valence-electron chi connectivity index (χ2n) is 5.27. The summed E-state index contributed by atoms with van der Waals surface area (Å²) in [6.07, 6.45) is 0. The number of hydrogen-bond donors (Lipinski definition) is 1. The van der Waals surface area contributed by atoms with E-state index in [1.54, 1.807) is 12.1 Å². The highest BCUT2D eigenvalue weighted by atomic mass is 19.1. The van der Waals surface area contributed by atoms with Gasteiger partial charge in [-0.1, -0.05) is 23.8 Å². The van der Waals surface area contributed by atoms with E-state index >= 15 is 0 Å². The molecule has 1 heterocycles. The van der Waals surface area contributed by atoms with Gasteiger partial charge in [0.1, 0.15) is 12.4 Å². The second-order valence-corrected chi connectivity index (χ2v) is 5.27. The lowest BCUT2D eigenvalue weighted by atomic mass is 10.1. The normalized spacial score (nSPS) is 10.7. The summed E-state index contributed by atoms with van der Waals surface area (Å²) in [6.45, 7) is 1.73. The number of esters is 1. The number of fused-ring (bicyclic) bond motifs is 1. The summed E-state index contributed by atoms with van der Waals surface area (Å²) in [4.78, 5) is 26.6. The molecule has 0 amide bonds. The number of pyridine rings is 1. The van der Waals surface area contributed by atoms with Crippen molar-refractivity contribution >= 4 is 16.9 Å². The van der Waals surface area contributed by atoms with Gasteiger partial charge in [-0.25, -0.2) is 9.18 Å². The Kier molecular flexibility index (Phi) is 3.93. The Morgan fingerprint density at radius 1 is 1.17 bits per heavy atom. The van der Waals surface area contributed by atoms with Gasteiger partial charge in [0.25, 0.3) is 5.56 Å². The predicted octanol–water partition coefficient (Wildman–Crippen LogP) is 3.33. The maximum absolute atomic E-state index is 13.5. The number of H-pyrrole nitrogens is 1. The Labute approximate surface area is 131 Å². The summed E-state index contributed by atoms with van der Waals surface area (Å²) in [5.41, 5.74) is 1.60. The Balaban J connectivity index is 1.84. The van der Waals surface area contributed by atoms with E-state index in [0.29, 0.717) is 11.1 Å². The molecule has 0 aliphatic heterocycles. The van der Waals surface area contributed by atoms with Crippen molar-refractivity contribution in [3.63, 3.8) is 0 Å². The van der Waals surface area contributed by atoms with Gasteiger partial charge in [0.15, 0.2) is 0 Å². The van der Waals surface area contributed by atoms with Crippen LogP contribution in [-0.2, 0) is 11.3 Å². The average Bonchev–Trinajstić information content (AvgIpc) is 2.53. The first-order chi connectivity index (χ1) is 11.0. The van der Waals surface area contributed by atoms with Crippen molar-refractivity contribution < 1.29 is 13.9 Å². The van der Waals surface area contributed by atoms with Gasteiger partial charge in [-0.05, 0) is 42.6 Å². The van der Waals surface area contributed by atoms with E-state index in [1.165, 1.54) is 18.2 Å². The van der Waals surface area contributed by atoms with Gasteiger partial charge in [-0.15, -0.1) is 0 Å². The number of aromatic amines is 1. The topological polar surface area (TPSA) is 59.2 Å². The monoisotopic (exact) mass is 311 g/mol. The van der Waals surface area contributed by atoms with E-state index < -0.39 is 11.8 Å². The first-order valence-corrected chi connectivity index (χ1v) is 7.09. The summed E-state index contributed by atoms with van der Waals surface area (Å²) in [6, 6.07) is 12.9. The number of nitrogens with one attached hydrogen (secondary N) is 1. The highest BCUT2D eigenvalue weighted by Crippen LogP contribution is 2.14. The van der Waals surface area contributed by atoms with Crippen molar-refractivity contribution in [2.75, 3.05) is 0 Å². The molecule has 0 saturated carbocycles. The summed E-state index contributed by atoms with van der Waals surface area (Å²) < 4.78 is 18.6. The zero-order valence-electron chi connectivity index (χ0n) is 12.4. The molecule has 0 radical (unpaired) electrons. The fourth-order valence-electron chi connectivity index (χ4n) is 2.33. The van der Waals surface area contributed by atoms with Crippen molar-refractivity contribution in [1.82, 2.24) is 4.98 Å². The highest BCUT2D eigenvalue weighted by Gasteiger charge is 2.13. The number of aromatic nitrogens is 1. The van der Waals surface area contributed by atoms with E-state index in [4.69, 9.17) is 4.74 Å². The maximum Gasteiger partial charge on any atom is 0.341 e. The van der Waals surface area contributed by atoms with Gasteiger partial charge < -0.3 is 9.72 Å². The van der Waals surface area contributed by atoms with Gasteiger partial charge in [0.05, 0.1) is 11.1 Å². The predicted molar refractivity (Wildman–Crippen MR) is 84.8 cm³/mol. The van der Waals surface area contributed by atoms with Crippen molar-refractivity contribution in [2.24, 2.45) is 0 Å². The quantitative estimate of drug-likeness (QED) is 0.755. The Morgan fingerprint density at radius 3 is 2.74 bits per heavy atom. The smallest absolute Gasteiger partial charge is 0.341 e. The zero-order valence-corrected chi connectivity index (χ0v) is 12.4. The van der Waals surface area contributed by atoms with E-state index in [-0.39, 0.29) is 17.7 Å². The number of benzene rings is 2. The van der Waals surface area contributed by atoms with Gasteiger partial charge >= 0.3 is 5.97 Å². The van der Waals surface area contributed by atoms with Crippen LogP contribution in [0.5, 0.6) is 0 Å². The van der Waals surface area contributed by atoms with Crippen LogP contribution in [0.3, 0.4) is 0 Å². The van der Waals surface area contributed by atoms with E-state index in [1.807, 2.05) is 25.1 Å². The fourth-order valence-corrected chi connectivity index (χ4v) is 2.33. The number of rotatable bonds is 3. The van der Waals surface area contributed by atoms with Crippen LogP contribution in [0.4, 0.5) is 4.39 Å². The molecule has 0 saturated heterocycles. The molecule has 0 unspecified atom stereocenters. The number of aryl methyl sites for hydroxylation is 1. The number of hydrogen-bond acceptors (Lipinski definition) is 3. The second kappa shape index (κ2) is 6.04.